The number of alkyl halides is 12. The lowest BCUT2D eigenvalue weighted by molar-refractivity contribution is -0.134. The van der Waals surface area contributed by atoms with Gasteiger partial charge in [-0.1, -0.05) is 72.8 Å². The first-order chi connectivity index (χ1) is 32.1. The Kier molecular flexibility index (Phi) is 14.7. The normalized spacial score (nSPS) is 12.4. The monoisotopic (exact) mass is 951 g/mol. The number of hydrogen-bond donors (Lipinski definition) is 0. The van der Waals surface area contributed by atoms with Crippen LogP contribution in [0.2, 0.25) is 0 Å². The Balaban J connectivity index is 1.14. The zero-order chi connectivity index (χ0) is 48.9. The Morgan fingerprint density at radius 2 is 0.485 bits per heavy atom. The molecule has 0 unspecified atom stereocenters. The molecule has 15 heteroatoms. The highest BCUT2D eigenvalue weighted by Gasteiger charge is 2.29. The van der Waals surface area contributed by atoms with Crippen LogP contribution in [0, 0.1) is 0 Å². The highest BCUT2D eigenvalue weighted by molar-refractivity contribution is 5.81. The van der Waals surface area contributed by atoms with E-state index in [1.807, 2.05) is 82.1 Å². The van der Waals surface area contributed by atoms with E-state index in [4.69, 9.17) is 0 Å². The van der Waals surface area contributed by atoms with Crippen LogP contribution in [0.4, 0.5) is 86.8 Å². The molecule has 0 atom stereocenters. The third-order valence-corrected chi connectivity index (χ3v) is 11.5. The maximum Gasteiger partial charge on any atom is 0.389 e. The van der Waals surface area contributed by atoms with E-state index in [2.05, 4.69) is 0 Å². The molecule has 1 heterocycles. The van der Waals surface area contributed by atoms with E-state index in [9.17, 15) is 52.7 Å². The summed E-state index contributed by atoms with van der Waals surface area (Å²) >= 11 is 0. The fourth-order valence-electron chi connectivity index (χ4n) is 7.94. The second kappa shape index (κ2) is 20.3. The number of aromatic nitrogens is 1. The molecular formula is C53H45F12N3. The molecular weight excluding hydrogens is 907 g/mol. The van der Waals surface area contributed by atoms with E-state index in [1.165, 1.54) is 0 Å². The lowest BCUT2D eigenvalue weighted by atomic mass is 10.1. The van der Waals surface area contributed by atoms with Crippen molar-refractivity contribution in [2.75, 3.05) is 9.80 Å². The second-order valence-electron chi connectivity index (χ2n) is 16.6. The van der Waals surface area contributed by atoms with E-state index in [0.29, 0.717) is 56.4 Å². The van der Waals surface area contributed by atoms with Crippen molar-refractivity contribution < 1.29 is 52.7 Å². The number of rotatable bonds is 16. The molecule has 0 aliphatic rings. The number of aryl methyl sites for hydroxylation is 4. The summed E-state index contributed by atoms with van der Waals surface area (Å²) in [5.41, 5.74) is 9.37. The smallest absolute Gasteiger partial charge is 0.344 e. The molecule has 0 amide bonds. The zero-order valence-electron chi connectivity index (χ0n) is 36.5. The summed E-state index contributed by atoms with van der Waals surface area (Å²) in [7, 11) is 1.91. The summed E-state index contributed by atoms with van der Waals surface area (Å²) in [6.07, 6.45) is -21.8. The number of benzene rings is 6. The van der Waals surface area contributed by atoms with Crippen LogP contribution in [0.3, 0.4) is 0 Å². The van der Waals surface area contributed by atoms with Crippen LogP contribution in [0.5, 0.6) is 0 Å². The lowest BCUT2D eigenvalue weighted by Gasteiger charge is -2.26. The van der Waals surface area contributed by atoms with Crippen LogP contribution in [-0.2, 0) is 32.7 Å². The van der Waals surface area contributed by atoms with Crippen molar-refractivity contribution in [3.05, 3.63) is 180 Å². The minimum Gasteiger partial charge on any atom is -0.344 e. The topological polar surface area (TPSA) is 11.4 Å². The van der Waals surface area contributed by atoms with Gasteiger partial charge in [0.25, 0.3) is 0 Å². The van der Waals surface area contributed by atoms with E-state index in [-0.39, 0.29) is 25.7 Å². The third kappa shape index (κ3) is 13.5. The molecule has 0 radical (unpaired) electrons. The minimum absolute atomic E-state index is 0.185. The minimum atomic E-state index is -4.30. The molecule has 0 N–H and O–H groups in total. The molecule has 6 aromatic carbocycles. The number of halogens is 12. The molecule has 1 aromatic heterocycles. The first-order valence-electron chi connectivity index (χ1n) is 21.7. The Labute approximate surface area is 385 Å². The molecule has 356 valence electrons. The number of hydrogen-bond acceptors (Lipinski definition) is 2. The Hall–Kier alpha value is -6.64. The predicted molar refractivity (Wildman–Crippen MR) is 243 cm³/mol. The molecule has 0 aliphatic carbocycles. The molecule has 0 fully saturated rings. The Bertz CT molecular complexity index is 2390. The van der Waals surface area contributed by atoms with Gasteiger partial charge in [-0.2, -0.15) is 52.7 Å². The summed E-state index contributed by atoms with van der Waals surface area (Å²) in [6.45, 7) is 0. The quantitative estimate of drug-likeness (QED) is 0.0895. The van der Waals surface area contributed by atoms with Crippen LogP contribution in [0.25, 0.3) is 22.5 Å². The third-order valence-electron chi connectivity index (χ3n) is 11.5. The van der Waals surface area contributed by atoms with Gasteiger partial charge in [0.2, 0.25) is 0 Å². The Morgan fingerprint density at radius 1 is 0.294 bits per heavy atom. The molecule has 0 spiro atoms. The van der Waals surface area contributed by atoms with Crippen molar-refractivity contribution in [3.8, 4) is 22.5 Å². The molecule has 3 nitrogen and oxygen atoms in total. The van der Waals surface area contributed by atoms with Crippen molar-refractivity contribution in [2.45, 2.75) is 76.1 Å². The SMILES string of the molecule is Cn1c(-c2ccc(N(c3ccc(CCC(F)(F)F)cc3)c3ccc(CCC(F)(F)F)cc3)cc2)ccc1-c1ccc(N(c2ccc(CCC(F)(F)F)cc2)c2ccc(CCC(F)(F)F)cc2)cc1. The summed E-state index contributed by atoms with van der Waals surface area (Å²) in [4.78, 5) is 3.74. The van der Waals surface area contributed by atoms with E-state index >= 15 is 0 Å². The van der Waals surface area contributed by atoms with Gasteiger partial charge >= 0.3 is 24.7 Å². The van der Waals surface area contributed by atoms with Gasteiger partial charge in [-0.05, 0) is 144 Å². The fraction of sp³-hybridized carbons (Fsp3) is 0.245. The lowest BCUT2D eigenvalue weighted by Crippen LogP contribution is -2.11. The highest BCUT2D eigenvalue weighted by Crippen LogP contribution is 2.40. The van der Waals surface area contributed by atoms with Gasteiger partial charge in [0.1, 0.15) is 0 Å². The van der Waals surface area contributed by atoms with Crippen LogP contribution in [0.15, 0.2) is 158 Å². The molecule has 68 heavy (non-hydrogen) atoms. The first kappa shape index (κ1) is 49.3. The van der Waals surface area contributed by atoms with Gasteiger partial charge in [0, 0.05) is 78.2 Å². The van der Waals surface area contributed by atoms with Crippen molar-refractivity contribution >= 4 is 34.1 Å². The maximum atomic E-state index is 12.9. The molecule has 0 saturated heterocycles. The molecule has 0 saturated carbocycles. The molecule has 0 bridgehead atoms. The average molecular weight is 952 g/mol. The fourth-order valence-corrected chi connectivity index (χ4v) is 7.94. The average Bonchev–Trinajstić information content (AvgIpc) is 3.68. The van der Waals surface area contributed by atoms with Gasteiger partial charge in [0.15, 0.2) is 0 Å². The van der Waals surface area contributed by atoms with Gasteiger partial charge in [-0.25, -0.2) is 0 Å². The largest absolute Gasteiger partial charge is 0.389 e. The molecule has 7 aromatic rings. The van der Waals surface area contributed by atoms with Crippen molar-refractivity contribution in [3.63, 3.8) is 0 Å². The first-order valence-corrected chi connectivity index (χ1v) is 21.7. The number of nitrogens with zero attached hydrogens (tertiary/aromatic N) is 3. The zero-order valence-corrected chi connectivity index (χ0v) is 36.5. The summed E-state index contributed by atoms with van der Waals surface area (Å²) in [5.74, 6) is 0. The van der Waals surface area contributed by atoms with Crippen LogP contribution in [0.1, 0.15) is 47.9 Å². The van der Waals surface area contributed by atoms with Gasteiger partial charge in [-0.3, -0.25) is 0 Å². The van der Waals surface area contributed by atoms with E-state index in [0.717, 1.165) is 22.5 Å². The van der Waals surface area contributed by atoms with Crippen molar-refractivity contribution in [2.24, 2.45) is 7.05 Å². The molecule has 7 rings (SSSR count). The van der Waals surface area contributed by atoms with Crippen LogP contribution < -0.4 is 9.80 Å². The standard InChI is InChI=1S/C53H45F12N3/c1-66-48(40-10-22-46(23-11-40)67(42-14-2-36(3-15-42)28-32-50(54,55)56)43-16-4-37(5-17-43)29-33-51(57,58)59)26-27-49(66)41-12-24-47(25-13-41)68(44-18-6-38(7-19-44)30-34-52(60,61)62)45-20-8-39(9-21-45)31-35-53(63,64)65/h2-27H,28-35H2,1H3. The Morgan fingerprint density at radius 3 is 0.676 bits per heavy atom. The highest BCUT2D eigenvalue weighted by atomic mass is 19.4. The van der Waals surface area contributed by atoms with E-state index in [1.54, 1.807) is 97.1 Å². The van der Waals surface area contributed by atoms with E-state index < -0.39 is 50.4 Å². The number of anilines is 6. The summed E-state index contributed by atoms with van der Waals surface area (Å²) in [5, 5.41) is 0. The van der Waals surface area contributed by atoms with Gasteiger partial charge < -0.3 is 14.4 Å². The second-order valence-corrected chi connectivity index (χ2v) is 16.6. The van der Waals surface area contributed by atoms with Gasteiger partial charge in [-0.15, -0.1) is 0 Å². The van der Waals surface area contributed by atoms with Gasteiger partial charge in [0.05, 0.1) is 0 Å². The summed E-state index contributed by atoms with van der Waals surface area (Å²) < 4.78 is 157. The summed E-state index contributed by atoms with van der Waals surface area (Å²) in [6, 6.07) is 45.8. The molecule has 0 aliphatic heterocycles. The predicted octanol–water partition coefficient (Wildman–Crippen LogP) is 17.3. The van der Waals surface area contributed by atoms with Crippen molar-refractivity contribution in [1.82, 2.24) is 4.57 Å². The van der Waals surface area contributed by atoms with Crippen LogP contribution >= 0.6 is 0 Å². The van der Waals surface area contributed by atoms with Crippen LogP contribution in [-0.4, -0.2) is 29.3 Å². The maximum absolute atomic E-state index is 12.9. The van der Waals surface area contributed by atoms with Crippen molar-refractivity contribution in [1.29, 1.82) is 0 Å².